The van der Waals surface area contributed by atoms with E-state index in [1.165, 1.54) is 0 Å². The van der Waals surface area contributed by atoms with E-state index in [2.05, 4.69) is 94.0 Å². The summed E-state index contributed by atoms with van der Waals surface area (Å²) in [5.41, 5.74) is 12.5. The van der Waals surface area contributed by atoms with Crippen LogP contribution in [0.5, 0.6) is 69.3 Å². The third kappa shape index (κ3) is 9.37. The number of aromatic nitrogens is 4. The molecule has 8 aromatic carbocycles. The van der Waals surface area contributed by atoms with Crippen LogP contribution in [-0.2, 0) is 31.9 Å². The fraction of sp³-hybridized carbons (Fsp3) is 0.118. The maximum Gasteiger partial charge on any atom is 2.00 e. The molecule has 83 heavy (non-hydrogen) atoms. The minimum atomic E-state index is -0.252. The van der Waals surface area contributed by atoms with Gasteiger partial charge in [-0.15, -0.1) is 47.3 Å². The Hall–Kier alpha value is -9.38. The molecule has 0 saturated carbocycles. The number of nitrogens with zero attached hydrogens (tertiary/aromatic N) is 4. The SMILES string of the molecule is CC(C)(C)c1cc2c3c(c1)Oc1ccc(-c4nc5ccccc5o4)[c-]c1B3c1[c-]c(Oc3ccccn3)ccc1O2.CC(C)(C)c1cc2c3c(c1)Oc1ccc(-c4nc5ccccc5o4)cc1B3c1cc(Oc3ccccn3)ccc1O2.[Pt+2]. The Bertz CT molecular complexity index is 4150. The minimum Gasteiger partial charge on any atom is -0.518 e. The number of hydrogen-bond acceptors (Lipinski definition) is 12. The molecule has 4 aliphatic rings. The Morgan fingerprint density at radius 1 is 0.434 bits per heavy atom. The normalized spacial score (nSPS) is 12.9. The number of rotatable bonds is 6. The second kappa shape index (κ2) is 20.0. The predicted octanol–water partition coefficient (Wildman–Crippen LogP) is 13.0. The Kier molecular flexibility index (Phi) is 12.4. The van der Waals surface area contributed by atoms with Gasteiger partial charge in [0, 0.05) is 58.3 Å². The van der Waals surface area contributed by atoms with Crippen molar-refractivity contribution < 1.29 is 58.3 Å². The van der Waals surface area contributed by atoms with Gasteiger partial charge in [-0.1, -0.05) is 89.6 Å². The summed E-state index contributed by atoms with van der Waals surface area (Å²) in [7, 11) is 0. The van der Waals surface area contributed by atoms with Gasteiger partial charge in [-0.25, -0.2) is 15.0 Å². The first kappa shape index (κ1) is 51.7. The van der Waals surface area contributed by atoms with E-state index >= 15 is 0 Å². The maximum atomic E-state index is 6.58. The largest absolute Gasteiger partial charge is 2.00 e. The molecular formula is C68H48B2N4O8Pt. The van der Waals surface area contributed by atoms with Crippen molar-refractivity contribution in [2.45, 2.75) is 52.4 Å². The molecule has 0 spiro atoms. The standard InChI is InChI=1S/C34H25BN2O4.C34H23BN2O4.Pt/c2*1-34(2,3)21-17-29-32-30(18-21)40-27-14-12-22(38-31-10-6-7-15-36-31)19-24(27)35(32)23-16-20(11-13-26(23)39-29)33-37-25-8-4-5-9-28(25)41-33;/h4-19H,1-3H3;4-15,17-18H,1-3H3;/q;-2;+2. The van der Waals surface area contributed by atoms with Crippen LogP contribution in [0.1, 0.15) is 52.7 Å². The van der Waals surface area contributed by atoms with Gasteiger partial charge < -0.3 is 37.3 Å². The van der Waals surface area contributed by atoms with Crippen molar-refractivity contribution in [3.63, 3.8) is 0 Å². The van der Waals surface area contributed by atoms with Gasteiger partial charge in [0.25, 0.3) is 6.71 Å². The van der Waals surface area contributed by atoms with E-state index in [0.29, 0.717) is 40.8 Å². The fourth-order valence-electron chi connectivity index (χ4n) is 11.1. The van der Waals surface area contributed by atoms with Crippen molar-refractivity contribution >= 4 is 68.4 Å². The van der Waals surface area contributed by atoms with Crippen LogP contribution < -0.4 is 61.2 Å². The maximum absolute atomic E-state index is 6.58. The van der Waals surface area contributed by atoms with Gasteiger partial charge in [0.15, 0.2) is 5.58 Å². The van der Waals surface area contributed by atoms with Crippen molar-refractivity contribution in [3.05, 3.63) is 206 Å². The van der Waals surface area contributed by atoms with Gasteiger partial charge >= 0.3 is 21.1 Å². The molecule has 0 aliphatic carbocycles. The van der Waals surface area contributed by atoms with E-state index in [4.69, 9.17) is 47.2 Å². The minimum absolute atomic E-state index is 0. The average molecular weight is 1270 g/mol. The summed E-state index contributed by atoms with van der Waals surface area (Å²) in [6, 6.07) is 62.0. The molecule has 0 saturated heterocycles. The molecule has 0 atom stereocenters. The number of pyridine rings is 2. The van der Waals surface area contributed by atoms with Crippen molar-refractivity contribution in [1.29, 1.82) is 0 Å². The molecule has 0 amide bonds. The van der Waals surface area contributed by atoms with Crippen molar-refractivity contribution in [2.75, 3.05) is 0 Å². The summed E-state index contributed by atoms with van der Waals surface area (Å²) in [6.07, 6.45) is 3.41. The Labute approximate surface area is 493 Å². The zero-order valence-corrected chi connectivity index (χ0v) is 48.1. The summed E-state index contributed by atoms with van der Waals surface area (Å²) < 4.78 is 50.6. The molecule has 8 heterocycles. The second-order valence-electron chi connectivity index (χ2n) is 22.8. The van der Waals surface area contributed by atoms with Crippen molar-refractivity contribution in [1.82, 2.24) is 19.9 Å². The van der Waals surface area contributed by atoms with E-state index in [9.17, 15) is 0 Å². The van der Waals surface area contributed by atoms with Crippen LogP contribution in [0.3, 0.4) is 0 Å². The quantitative estimate of drug-likeness (QED) is 0.116. The second-order valence-corrected chi connectivity index (χ2v) is 22.8. The number of fused-ring (bicyclic) bond motifs is 10. The summed E-state index contributed by atoms with van der Waals surface area (Å²) >= 11 is 0. The van der Waals surface area contributed by atoms with Gasteiger partial charge in [-0.3, -0.25) is 4.98 Å². The van der Waals surface area contributed by atoms with Crippen molar-refractivity contribution in [2.24, 2.45) is 0 Å². The fourth-order valence-corrected chi connectivity index (χ4v) is 11.1. The monoisotopic (exact) mass is 1270 g/mol. The van der Waals surface area contributed by atoms with Gasteiger partial charge in [0.1, 0.15) is 57.2 Å². The van der Waals surface area contributed by atoms with E-state index < -0.39 is 0 Å². The predicted molar refractivity (Wildman–Crippen MR) is 318 cm³/mol. The first-order chi connectivity index (χ1) is 39.8. The molecule has 16 rings (SSSR count). The van der Waals surface area contributed by atoms with Crippen LogP contribution >= 0.6 is 0 Å². The molecule has 0 radical (unpaired) electrons. The Balaban J connectivity index is 0.000000146. The van der Waals surface area contributed by atoms with Crippen molar-refractivity contribution in [3.8, 4) is 92.2 Å². The molecule has 4 aliphatic heterocycles. The zero-order chi connectivity index (χ0) is 55.4. The molecule has 0 bridgehead atoms. The third-order valence-electron chi connectivity index (χ3n) is 15.2. The van der Waals surface area contributed by atoms with E-state index in [1.807, 2.05) is 140 Å². The smallest absolute Gasteiger partial charge is 0.518 e. The third-order valence-corrected chi connectivity index (χ3v) is 15.2. The molecule has 4 aromatic heterocycles. The average Bonchev–Trinajstić information content (AvgIpc) is 4.32. The molecule has 12 nitrogen and oxygen atoms in total. The number of ether oxygens (including phenoxy) is 6. The Morgan fingerprint density at radius 2 is 0.928 bits per heavy atom. The zero-order valence-electron chi connectivity index (χ0n) is 45.8. The molecule has 15 heteroatoms. The first-order valence-electron chi connectivity index (χ1n) is 27.2. The van der Waals surface area contributed by atoms with Crippen LogP contribution in [0.2, 0.25) is 0 Å². The van der Waals surface area contributed by atoms with Crippen LogP contribution in [0.25, 0.3) is 45.1 Å². The topological polar surface area (TPSA) is 133 Å². The molecule has 12 aromatic rings. The molecule has 404 valence electrons. The number of oxazole rings is 2. The molecule has 0 fully saturated rings. The van der Waals surface area contributed by atoms with E-state index in [0.717, 1.165) is 117 Å². The van der Waals surface area contributed by atoms with Gasteiger partial charge in [0.05, 0.1) is 5.52 Å². The number of hydrogen-bond donors (Lipinski definition) is 0. The van der Waals surface area contributed by atoms with Crippen LogP contribution in [0.15, 0.2) is 191 Å². The van der Waals surface area contributed by atoms with Crippen LogP contribution in [-0.4, -0.2) is 33.4 Å². The summed E-state index contributed by atoms with van der Waals surface area (Å²) in [5.74, 6) is 9.49. The van der Waals surface area contributed by atoms with Gasteiger partial charge in [0.2, 0.25) is 24.4 Å². The van der Waals surface area contributed by atoms with Gasteiger partial charge in [-0.2, -0.15) is 0 Å². The van der Waals surface area contributed by atoms with Crippen LogP contribution in [0, 0.1) is 12.1 Å². The van der Waals surface area contributed by atoms with Gasteiger partial charge in [-0.05, 0) is 124 Å². The number of benzene rings is 8. The Morgan fingerprint density at radius 3 is 1.52 bits per heavy atom. The van der Waals surface area contributed by atoms with E-state index in [-0.39, 0.29) is 45.3 Å². The summed E-state index contributed by atoms with van der Waals surface area (Å²) in [5, 5.41) is 0. The molecular weight excluding hydrogens is 1220 g/mol. The van der Waals surface area contributed by atoms with Crippen LogP contribution in [0.4, 0.5) is 0 Å². The van der Waals surface area contributed by atoms with E-state index in [1.54, 1.807) is 12.4 Å². The summed E-state index contributed by atoms with van der Waals surface area (Å²) in [4.78, 5) is 18.1. The molecule has 0 N–H and O–H groups in total. The first-order valence-corrected chi connectivity index (χ1v) is 27.2. The number of para-hydroxylation sites is 4. The summed E-state index contributed by atoms with van der Waals surface area (Å²) in [6.45, 7) is 12.7. The molecule has 0 unspecified atom stereocenters.